The fraction of sp³-hybridized carbons (Fsp3) is 0.125. The molecule has 1 aromatic carbocycles. The Morgan fingerprint density at radius 1 is 1.17 bits per heavy atom. The smallest absolute Gasteiger partial charge is 0.371 e. The molecule has 3 aromatic heterocycles. The molecule has 0 aliphatic carbocycles. The minimum Gasteiger partial charge on any atom is -0.475 e. The molecule has 24 heavy (non-hydrogen) atoms. The largest absolute Gasteiger partial charge is 0.475 e. The Balaban J connectivity index is 1.80. The Morgan fingerprint density at radius 3 is 2.67 bits per heavy atom. The molecule has 0 aliphatic heterocycles. The number of aryl methyl sites for hydroxylation is 2. The van der Waals surface area contributed by atoms with Gasteiger partial charge in [0.05, 0.1) is 11.4 Å². The number of hydrogen-bond donors (Lipinski definition) is 3. The first-order valence-corrected chi connectivity index (χ1v) is 7.25. The van der Waals surface area contributed by atoms with Crippen LogP contribution >= 0.6 is 0 Å². The third kappa shape index (κ3) is 2.24. The third-order valence-electron chi connectivity index (χ3n) is 3.75. The monoisotopic (exact) mass is 323 g/mol. The van der Waals surface area contributed by atoms with E-state index in [0.29, 0.717) is 23.1 Å². The van der Waals surface area contributed by atoms with Crippen LogP contribution in [0.3, 0.4) is 0 Å². The molecule has 0 bridgehead atoms. The van der Waals surface area contributed by atoms with Gasteiger partial charge in [0.25, 0.3) is 5.89 Å². The number of fused-ring (bicyclic) bond motifs is 1. The molecule has 0 fully saturated rings. The highest BCUT2D eigenvalue weighted by Crippen LogP contribution is 2.28. The summed E-state index contributed by atoms with van der Waals surface area (Å²) in [4.78, 5) is 25.3. The van der Waals surface area contributed by atoms with E-state index in [4.69, 9.17) is 9.63 Å². The molecule has 0 spiro atoms. The van der Waals surface area contributed by atoms with Crippen LogP contribution in [0, 0.1) is 13.8 Å². The molecule has 8 nitrogen and oxygen atoms in total. The Bertz CT molecular complexity index is 1070. The fourth-order valence-electron chi connectivity index (χ4n) is 2.65. The van der Waals surface area contributed by atoms with Crippen LogP contribution < -0.4 is 0 Å². The molecule has 4 rings (SSSR count). The van der Waals surface area contributed by atoms with Crippen molar-refractivity contribution in [3.8, 4) is 22.8 Å². The van der Waals surface area contributed by atoms with Crippen molar-refractivity contribution in [2.45, 2.75) is 13.8 Å². The summed E-state index contributed by atoms with van der Waals surface area (Å²) in [7, 11) is 0. The van der Waals surface area contributed by atoms with Crippen molar-refractivity contribution < 1.29 is 14.4 Å². The molecule has 0 saturated heterocycles. The van der Waals surface area contributed by atoms with Gasteiger partial charge < -0.3 is 19.6 Å². The highest BCUT2D eigenvalue weighted by atomic mass is 16.5. The van der Waals surface area contributed by atoms with Crippen LogP contribution in [0.15, 0.2) is 28.8 Å². The number of rotatable bonds is 3. The number of nitrogens with zero attached hydrogens (tertiary/aromatic N) is 3. The Kier molecular flexibility index (Phi) is 2.99. The van der Waals surface area contributed by atoms with Gasteiger partial charge in [0.1, 0.15) is 5.69 Å². The van der Waals surface area contributed by atoms with Crippen molar-refractivity contribution in [3.63, 3.8) is 0 Å². The molecular formula is C16H13N5O3. The average molecular weight is 323 g/mol. The van der Waals surface area contributed by atoms with Gasteiger partial charge in [-0.15, -0.1) is 0 Å². The van der Waals surface area contributed by atoms with Gasteiger partial charge in [0.15, 0.2) is 5.82 Å². The van der Waals surface area contributed by atoms with E-state index >= 15 is 0 Å². The lowest BCUT2D eigenvalue weighted by atomic mass is 10.1. The number of aromatic nitrogens is 5. The van der Waals surface area contributed by atoms with Crippen LogP contribution in [0.4, 0.5) is 0 Å². The second-order valence-corrected chi connectivity index (χ2v) is 5.48. The maximum atomic E-state index is 11.1. The molecule has 3 heterocycles. The topological polar surface area (TPSA) is 121 Å². The predicted molar refractivity (Wildman–Crippen MR) is 85.6 cm³/mol. The number of aromatic carboxylic acids is 1. The number of imidazole rings is 1. The average Bonchev–Trinajstić information content (AvgIpc) is 3.23. The van der Waals surface area contributed by atoms with Gasteiger partial charge in [-0.1, -0.05) is 11.2 Å². The van der Waals surface area contributed by atoms with E-state index in [0.717, 1.165) is 22.2 Å². The van der Waals surface area contributed by atoms with Crippen LogP contribution in [0.1, 0.15) is 22.1 Å². The summed E-state index contributed by atoms with van der Waals surface area (Å²) in [5, 5.41) is 13.8. The van der Waals surface area contributed by atoms with Crippen LogP contribution in [0.2, 0.25) is 0 Å². The minimum atomic E-state index is -1.08. The summed E-state index contributed by atoms with van der Waals surface area (Å²) in [6.45, 7) is 3.53. The summed E-state index contributed by atoms with van der Waals surface area (Å²) in [5.41, 5.74) is 3.82. The number of nitrogens with one attached hydrogen (secondary N) is 2. The Morgan fingerprint density at radius 2 is 2.00 bits per heavy atom. The Labute approximate surface area is 135 Å². The minimum absolute atomic E-state index is 0.0707. The van der Waals surface area contributed by atoms with E-state index in [1.54, 1.807) is 13.8 Å². The predicted octanol–water partition coefficient (Wildman–Crippen LogP) is 2.92. The lowest BCUT2D eigenvalue weighted by Gasteiger charge is -1.99. The molecule has 0 saturated carbocycles. The second kappa shape index (κ2) is 5.05. The van der Waals surface area contributed by atoms with Crippen molar-refractivity contribution in [2.75, 3.05) is 0 Å². The van der Waals surface area contributed by atoms with Gasteiger partial charge in [0, 0.05) is 16.5 Å². The maximum Gasteiger partial charge on any atom is 0.371 e. The molecular weight excluding hydrogens is 310 g/mol. The zero-order valence-corrected chi connectivity index (χ0v) is 12.9. The van der Waals surface area contributed by atoms with Gasteiger partial charge in [-0.3, -0.25) is 0 Å². The lowest BCUT2D eigenvalue weighted by Crippen LogP contribution is -1.98. The van der Waals surface area contributed by atoms with Crippen molar-refractivity contribution in [2.24, 2.45) is 0 Å². The number of H-pyrrole nitrogens is 2. The highest BCUT2D eigenvalue weighted by molar-refractivity contribution is 5.89. The quantitative estimate of drug-likeness (QED) is 0.533. The van der Waals surface area contributed by atoms with Gasteiger partial charge in [-0.25, -0.2) is 9.78 Å². The van der Waals surface area contributed by atoms with Gasteiger partial charge in [-0.2, -0.15) is 4.98 Å². The number of carbonyl (C=O) groups is 1. The molecule has 0 amide bonds. The molecule has 120 valence electrons. The zero-order valence-electron chi connectivity index (χ0n) is 12.9. The number of aromatic amines is 2. The maximum absolute atomic E-state index is 11.1. The first-order chi connectivity index (χ1) is 11.5. The SMILES string of the molecule is Cc1noc(-c2cc3cc(-c4[nH]c(C(=O)O)nc4C)ccc3[nH]2)n1. The number of hydrogen-bond acceptors (Lipinski definition) is 5. The number of carboxylic acid groups (broad SMARTS) is 1. The summed E-state index contributed by atoms with van der Waals surface area (Å²) in [6, 6.07) is 7.67. The zero-order chi connectivity index (χ0) is 16.8. The van der Waals surface area contributed by atoms with E-state index in [2.05, 4.69) is 25.1 Å². The summed E-state index contributed by atoms with van der Waals surface area (Å²) in [6.07, 6.45) is 0. The van der Waals surface area contributed by atoms with Crippen molar-refractivity contribution in [3.05, 3.63) is 41.6 Å². The van der Waals surface area contributed by atoms with E-state index in [9.17, 15) is 4.79 Å². The lowest BCUT2D eigenvalue weighted by molar-refractivity contribution is 0.0684. The molecule has 0 aliphatic rings. The Hall–Kier alpha value is -3.42. The van der Waals surface area contributed by atoms with Gasteiger partial charge in [0.2, 0.25) is 5.82 Å². The van der Waals surface area contributed by atoms with E-state index in [1.807, 2.05) is 24.3 Å². The van der Waals surface area contributed by atoms with E-state index < -0.39 is 5.97 Å². The molecule has 0 radical (unpaired) electrons. The van der Waals surface area contributed by atoms with E-state index in [1.165, 1.54) is 0 Å². The van der Waals surface area contributed by atoms with Crippen molar-refractivity contribution >= 4 is 16.9 Å². The van der Waals surface area contributed by atoms with Crippen LogP contribution in [-0.4, -0.2) is 36.2 Å². The first kappa shape index (κ1) is 14.2. The fourth-order valence-corrected chi connectivity index (χ4v) is 2.65. The van der Waals surface area contributed by atoms with E-state index in [-0.39, 0.29) is 5.82 Å². The highest BCUT2D eigenvalue weighted by Gasteiger charge is 2.15. The third-order valence-corrected chi connectivity index (χ3v) is 3.75. The van der Waals surface area contributed by atoms with Crippen molar-refractivity contribution in [1.29, 1.82) is 0 Å². The normalized spacial score (nSPS) is 11.2. The summed E-state index contributed by atoms with van der Waals surface area (Å²) < 4.78 is 5.17. The molecule has 0 atom stereocenters. The standard InChI is InChI=1S/C16H13N5O3/c1-7-13(20-14(17-7)16(22)23)9-3-4-11-10(5-9)6-12(19-11)15-18-8(2)21-24-15/h3-6,19H,1-2H3,(H,17,20)(H,22,23). The summed E-state index contributed by atoms with van der Waals surface area (Å²) in [5.74, 6) is -0.158. The molecule has 3 N–H and O–H groups in total. The van der Waals surface area contributed by atoms with Gasteiger partial charge in [-0.05, 0) is 32.0 Å². The summed E-state index contributed by atoms with van der Waals surface area (Å²) >= 11 is 0. The number of benzene rings is 1. The molecule has 4 aromatic rings. The van der Waals surface area contributed by atoms with Gasteiger partial charge >= 0.3 is 5.97 Å². The first-order valence-electron chi connectivity index (χ1n) is 7.25. The number of carboxylic acids is 1. The second-order valence-electron chi connectivity index (χ2n) is 5.48. The van der Waals surface area contributed by atoms with Crippen LogP contribution in [0.25, 0.3) is 33.7 Å². The van der Waals surface area contributed by atoms with Crippen molar-refractivity contribution in [1.82, 2.24) is 25.1 Å². The molecule has 0 unspecified atom stereocenters. The molecule has 8 heteroatoms. The van der Waals surface area contributed by atoms with Crippen LogP contribution in [-0.2, 0) is 0 Å². The van der Waals surface area contributed by atoms with Crippen LogP contribution in [0.5, 0.6) is 0 Å².